The van der Waals surface area contributed by atoms with Gasteiger partial charge in [-0.05, 0) is 6.42 Å². The molecule has 0 N–H and O–H groups in total. The molecule has 0 fully saturated rings. The highest BCUT2D eigenvalue weighted by atomic mass is 79.9. The average molecular weight is 217 g/mol. The van der Waals surface area contributed by atoms with Crippen LogP contribution in [-0.4, -0.2) is 16.9 Å². The van der Waals surface area contributed by atoms with Crippen LogP contribution in [0.25, 0.3) is 0 Å². The quantitative estimate of drug-likeness (QED) is 0.527. The Balaban J connectivity index is 3.53. The number of carbonyl (C=O) groups excluding carboxylic acids is 1. The first-order chi connectivity index (χ1) is 4.95. The molecule has 3 heteroatoms. The van der Waals surface area contributed by atoms with Crippen molar-refractivity contribution in [1.82, 2.24) is 0 Å². The third kappa shape index (κ3) is 7.85. The molecular formula is C8H9BrO2. The molecule has 0 saturated heterocycles. The van der Waals surface area contributed by atoms with Crippen LogP contribution in [0, 0.1) is 20.8 Å². The smallest absolute Gasteiger partial charge is 0.306 e. The van der Waals surface area contributed by atoms with Crippen molar-refractivity contribution in [3.05, 3.63) is 20.8 Å². The van der Waals surface area contributed by atoms with Gasteiger partial charge in [-0.1, -0.05) is 15.9 Å². The Labute approximate surface area is 76.4 Å². The van der Waals surface area contributed by atoms with Crippen molar-refractivity contribution in [3.63, 3.8) is 0 Å². The van der Waals surface area contributed by atoms with Crippen LogP contribution in [0.4, 0.5) is 0 Å². The zero-order chi connectivity index (χ0) is 8.91. The summed E-state index contributed by atoms with van der Waals surface area (Å²) in [5.41, 5.74) is -1.84. The fraction of sp³-hybridized carbons (Fsp3) is 0.500. The van der Waals surface area contributed by atoms with Crippen LogP contribution in [0.3, 0.4) is 0 Å². The summed E-state index contributed by atoms with van der Waals surface area (Å²) >= 11 is 3.16. The maximum absolute atomic E-state index is 10.7. The van der Waals surface area contributed by atoms with Gasteiger partial charge < -0.3 is 4.74 Å². The summed E-state index contributed by atoms with van der Waals surface area (Å²) in [6.07, 6.45) is 0.938. The Morgan fingerprint density at radius 3 is 2.36 bits per heavy atom. The van der Waals surface area contributed by atoms with Crippen molar-refractivity contribution in [3.8, 4) is 0 Å². The molecule has 0 aliphatic rings. The number of hydrogen-bond acceptors (Lipinski definition) is 2. The molecule has 0 aromatic carbocycles. The fourth-order valence-corrected chi connectivity index (χ4v) is 0.740. The summed E-state index contributed by atoms with van der Waals surface area (Å²) in [7, 11) is 0. The summed E-state index contributed by atoms with van der Waals surface area (Å²) < 4.78 is 4.41. The van der Waals surface area contributed by atoms with E-state index < -0.39 is 11.6 Å². The van der Waals surface area contributed by atoms with Crippen molar-refractivity contribution in [2.45, 2.75) is 18.4 Å². The van der Waals surface area contributed by atoms with Crippen molar-refractivity contribution in [2.24, 2.45) is 0 Å². The molecule has 0 atom stereocenters. The maximum atomic E-state index is 10.7. The first kappa shape index (κ1) is 11.0. The van der Waals surface area contributed by atoms with Crippen LogP contribution < -0.4 is 0 Å². The second-order valence-electron chi connectivity index (χ2n) is 2.12. The molecule has 0 aromatic rings. The minimum Gasteiger partial charge on any atom is -0.458 e. The Bertz CT molecular complexity index is 127. The number of halogens is 1. The molecule has 2 nitrogen and oxygen atoms in total. The first-order valence-electron chi connectivity index (χ1n) is 3.10. The number of carbonyl (C=O) groups is 1. The van der Waals surface area contributed by atoms with Gasteiger partial charge in [-0.2, -0.15) is 0 Å². The van der Waals surface area contributed by atoms with Gasteiger partial charge in [0.15, 0.2) is 0 Å². The maximum Gasteiger partial charge on any atom is 0.306 e. The molecule has 0 heterocycles. The van der Waals surface area contributed by atoms with Crippen LogP contribution in [0.15, 0.2) is 0 Å². The Kier molecular flexibility index (Phi) is 4.73. The van der Waals surface area contributed by atoms with Crippen molar-refractivity contribution in [2.75, 3.05) is 5.33 Å². The van der Waals surface area contributed by atoms with Crippen molar-refractivity contribution >= 4 is 21.9 Å². The van der Waals surface area contributed by atoms with Gasteiger partial charge in [-0.3, -0.25) is 4.79 Å². The topological polar surface area (TPSA) is 26.3 Å². The Morgan fingerprint density at radius 1 is 1.45 bits per heavy atom. The summed E-state index contributed by atoms with van der Waals surface area (Å²) in [6, 6.07) is 0. The first-order valence-corrected chi connectivity index (χ1v) is 4.22. The SMILES string of the molecule is [CH]C([CH])([CH])OC(=O)CCCBr. The van der Waals surface area contributed by atoms with E-state index in [1.807, 2.05) is 0 Å². The van der Waals surface area contributed by atoms with Crippen molar-refractivity contribution < 1.29 is 9.53 Å². The highest BCUT2D eigenvalue weighted by Gasteiger charge is 2.16. The second-order valence-corrected chi connectivity index (χ2v) is 2.91. The van der Waals surface area contributed by atoms with Gasteiger partial charge in [0.25, 0.3) is 0 Å². The Hall–Kier alpha value is -0.0500. The predicted molar refractivity (Wildman–Crippen MR) is 44.8 cm³/mol. The fourth-order valence-electron chi connectivity index (χ4n) is 0.459. The molecule has 0 saturated carbocycles. The number of hydrogen-bond donors (Lipinski definition) is 0. The van der Waals surface area contributed by atoms with Crippen LogP contribution in [0.1, 0.15) is 12.8 Å². The lowest BCUT2D eigenvalue weighted by Gasteiger charge is -2.17. The molecular weight excluding hydrogens is 208 g/mol. The molecule has 11 heavy (non-hydrogen) atoms. The van der Waals surface area contributed by atoms with Gasteiger partial charge >= 0.3 is 5.97 Å². The summed E-state index contributed by atoms with van der Waals surface area (Å²) in [5.74, 6) is -0.489. The average Bonchev–Trinajstić information content (AvgIpc) is 1.79. The highest BCUT2D eigenvalue weighted by molar-refractivity contribution is 9.09. The lowest BCUT2D eigenvalue weighted by atomic mass is 10.2. The van der Waals surface area contributed by atoms with Gasteiger partial charge in [-0.15, -0.1) is 0 Å². The van der Waals surface area contributed by atoms with Gasteiger partial charge in [0.2, 0.25) is 0 Å². The largest absolute Gasteiger partial charge is 0.458 e. The summed E-state index contributed by atoms with van der Waals surface area (Å²) in [6.45, 7) is 15.0. The van der Waals surface area contributed by atoms with Gasteiger partial charge in [0.1, 0.15) is 5.60 Å². The van der Waals surface area contributed by atoms with E-state index in [1.165, 1.54) is 0 Å². The molecule has 0 spiro atoms. The number of esters is 1. The van der Waals surface area contributed by atoms with Crippen molar-refractivity contribution in [1.29, 1.82) is 0 Å². The molecule has 0 aromatic heterocycles. The zero-order valence-corrected chi connectivity index (χ0v) is 7.63. The monoisotopic (exact) mass is 216 g/mol. The van der Waals surface area contributed by atoms with E-state index in [0.717, 1.165) is 5.33 Å². The van der Waals surface area contributed by atoms with E-state index >= 15 is 0 Å². The highest BCUT2D eigenvalue weighted by Crippen LogP contribution is 2.07. The van der Waals surface area contributed by atoms with E-state index in [4.69, 9.17) is 20.8 Å². The number of alkyl halides is 1. The van der Waals surface area contributed by atoms with Crippen LogP contribution in [0.5, 0.6) is 0 Å². The van der Waals surface area contributed by atoms with Crippen LogP contribution in [0.2, 0.25) is 0 Å². The van der Waals surface area contributed by atoms with Crippen LogP contribution >= 0.6 is 15.9 Å². The standard InChI is InChI=1S/C8H9BrO2/c1-8(2,3)11-7(10)5-4-6-9/h1-3H,4-6H2. The summed E-state index contributed by atoms with van der Waals surface area (Å²) in [4.78, 5) is 10.7. The lowest BCUT2D eigenvalue weighted by molar-refractivity contribution is -0.149. The van der Waals surface area contributed by atoms with Gasteiger partial charge in [0, 0.05) is 32.5 Å². The minimum atomic E-state index is -1.84. The molecule has 0 amide bonds. The minimum absolute atomic E-state index is 0.262. The van der Waals surface area contributed by atoms with Gasteiger partial charge in [0.05, 0.1) is 0 Å². The molecule has 0 rings (SSSR count). The molecule has 0 bridgehead atoms. The number of rotatable bonds is 4. The molecule has 0 aliphatic heterocycles. The normalized spacial score (nSPS) is 11.3. The van der Waals surface area contributed by atoms with E-state index in [9.17, 15) is 4.79 Å². The third-order valence-electron chi connectivity index (χ3n) is 0.805. The molecule has 60 valence electrons. The second kappa shape index (κ2) is 4.75. The summed E-state index contributed by atoms with van der Waals surface area (Å²) in [5, 5.41) is 0.731. The van der Waals surface area contributed by atoms with Crippen LogP contribution in [-0.2, 0) is 9.53 Å². The van der Waals surface area contributed by atoms with E-state index in [2.05, 4.69) is 20.7 Å². The molecule has 0 aliphatic carbocycles. The van der Waals surface area contributed by atoms with E-state index in [0.29, 0.717) is 6.42 Å². The third-order valence-corrected chi connectivity index (χ3v) is 1.37. The zero-order valence-electron chi connectivity index (χ0n) is 6.05. The Morgan fingerprint density at radius 2 is 2.00 bits per heavy atom. The van der Waals surface area contributed by atoms with Gasteiger partial charge in [-0.25, -0.2) is 0 Å². The lowest BCUT2D eigenvalue weighted by Crippen LogP contribution is -2.24. The molecule has 0 unspecified atom stereocenters. The number of ether oxygens (including phenoxy) is 1. The molecule has 6 radical (unpaired) electrons. The van der Waals surface area contributed by atoms with E-state index in [1.54, 1.807) is 0 Å². The van der Waals surface area contributed by atoms with E-state index in [-0.39, 0.29) is 6.42 Å². The predicted octanol–water partition coefficient (Wildman–Crippen LogP) is 1.58.